The summed E-state index contributed by atoms with van der Waals surface area (Å²) in [5.41, 5.74) is 2.86. The summed E-state index contributed by atoms with van der Waals surface area (Å²) in [6.45, 7) is 0. The van der Waals surface area contributed by atoms with Crippen molar-refractivity contribution in [1.29, 1.82) is 0 Å². The first-order valence-electron chi connectivity index (χ1n) is 3.59. The molecule has 2 rings (SSSR count). The minimum absolute atomic E-state index is 0.277. The van der Waals surface area contributed by atoms with Crippen molar-refractivity contribution < 1.29 is 9.90 Å². The second-order valence-electron chi connectivity index (χ2n) is 2.43. The molecule has 0 amide bonds. The molecule has 0 aliphatic rings. The van der Waals surface area contributed by atoms with Gasteiger partial charge in [-0.25, -0.2) is 9.78 Å². The lowest BCUT2D eigenvalue weighted by Crippen LogP contribution is -1.94. The first-order valence-corrected chi connectivity index (χ1v) is 4.47. The molecule has 0 aliphatic carbocycles. The van der Waals surface area contributed by atoms with Crippen LogP contribution < -0.4 is 0 Å². The Morgan fingerprint density at radius 3 is 3.08 bits per heavy atom. The lowest BCUT2D eigenvalue weighted by atomic mass is 10.2. The maximum Gasteiger partial charge on any atom is 0.348 e. The van der Waals surface area contributed by atoms with Crippen LogP contribution in [0.2, 0.25) is 0 Å². The van der Waals surface area contributed by atoms with Crippen molar-refractivity contribution in [3.63, 3.8) is 0 Å². The smallest absolute Gasteiger partial charge is 0.348 e. The second-order valence-corrected chi connectivity index (χ2v) is 3.29. The van der Waals surface area contributed by atoms with Gasteiger partial charge < -0.3 is 10.1 Å². The van der Waals surface area contributed by atoms with E-state index < -0.39 is 5.97 Å². The van der Waals surface area contributed by atoms with Crippen LogP contribution in [0, 0.1) is 0 Å². The molecular weight excluding hydrogens is 188 g/mol. The number of rotatable bonds is 2. The van der Waals surface area contributed by atoms with Gasteiger partial charge in [-0.3, -0.25) is 0 Å². The van der Waals surface area contributed by atoms with Crippen LogP contribution in [0.15, 0.2) is 24.0 Å². The van der Waals surface area contributed by atoms with Gasteiger partial charge in [-0.1, -0.05) is 0 Å². The van der Waals surface area contributed by atoms with Crippen LogP contribution in [0.25, 0.3) is 11.3 Å². The van der Waals surface area contributed by atoms with Gasteiger partial charge in [0.05, 0.1) is 11.2 Å². The Bertz CT molecular complexity index is 419. The highest BCUT2D eigenvalue weighted by Gasteiger charge is 2.14. The Labute approximate surface area is 77.9 Å². The third-order valence-electron chi connectivity index (χ3n) is 1.63. The van der Waals surface area contributed by atoms with Crippen molar-refractivity contribution in [3.8, 4) is 11.3 Å². The minimum Gasteiger partial charge on any atom is -0.477 e. The molecule has 0 radical (unpaired) electrons. The van der Waals surface area contributed by atoms with Gasteiger partial charge in [0.1, 0.15) is 4.88 Å². The topological polar surface area (TPSA) is 66.0 Å². The van der Waals surface area contributed by atoms with Gasteiger partial charge >= 0.3 is 5.97 Å². The fraction of sp³-hybridized carbons (Fsp3) is 0. The Morgan fingerprint density at radius 2 is 2.46 bits per heavy atom. The van der Waals surface area contributed by atoms with Gasteiger partial charge in [0, 0.05) is 18.0 Å². The largest absolute Gasteiger partial charge is 0.477 e. The highest BCUT2D eigenvalue weighted by Crippen LogP contribution is 2.24. The van der Waals surface area contributed by atoms with E-state index in [0.29, 0.717) is 5.69 Å². The van der Waals surface area contributed by atoms with Crippen molar-refractivity contribution in [2.75, 3.05) is 0 Å². The molecule has 0 saturated heterocycles. The molecular formula is C8H6N2O2S. The van der Waals surface area contributed by atoms with Crippen molar-refractivity contribution >= 4 is 17.3 Å². The van der Waals surface area contributed by atoms with Gasteiger partial charge in [-0.15, -0.1) is 11.3 Å². The average Bonchev–Trinajstić information content (AvgIpc) is 2.74. The lowest BCUT2D eigenvalue weighted by molar-refractivity contribution is 0.0702. The van der Waals surface area contributed by atoms with E-state index in [0.717, 1.165) is 16.9 Å². The maximum absolute atomic E-state index is 10.7. The van der Waals surface area contributed by atoms with Crippen molar-refractivity contribution in [3.05, 3.63) is 28.8 Å². The van der Waals surface area contributed by atoms with Crippen LogP contribution in [0.4, 0.5) is 0 Å². The number of nitrogens with zero attached hydrogens (tertiary/aromatic N) is 1. The summed E-state index contributed by atoms with van der Waals surface area (Å²) in [5.74, 6) is -0.932. The first kappa shape index (κ1) is 8.00. The fourth-order valence-electron chi connectivity index (χ4n) is 1.07. The average molecular weight is 194 g/mol. The van der Waals surface area contributed by atoms with E-state index in [2.05, 4.69) is 9.97 Å². The molecule has 0 unspecified atom stereocenters. The van der Waals surface area contributed by atoms with Crippen LogP contribution in [-0.2, 0) is 0 Å². The quantitative estimate of drug-likeness (QED) is 0.766. The van der Waals surface area contributed by atoms with Gasteiger partial charge in [0.2, 0.25) is 0 Å². The lowest BCUT2D eigenvalue weighted by Gasteiger charge is -1.92. The molecule has 5 heteroatoms. The standard InChI is InChI=1S/C8H6N2O2S/c11-8(12)7-6(10-4-13-7)5-1-2-9-3-5/h1-4,9H,(H,11,12). The van der Waals surface area contributed by atoms with E-state index in [1.54, 1.807) is 18.5 Å². The molecule has 2 aromatic heterocycles. The van der Waals surface area contributed by atoms with Crippen LogP contribution in [0.5, 0.6) is 0 Å². The Balaban J connectivity index is 2.52. The number of aromatic amines is 1. The van der Waals surface area contributed by atoms with Crippen LogP contribution in [0.3, 0.4) is 0 Å². The predicted octanol–water partition coefficient (Wildman–Crippen LogP) is 1.84. The Hall–Kier alpha value is -1.62. The van der Waals surface area contributed by atoms with Gasteiger partial charge in [0.15, 0.2) is 0 Å². The predicted molar refractivity (Wildman–Crippen MR) is 48.9 cm³/mol. The molecule has 0 saturated carbocycles. The van der Waals surface area contributed by atoms with E-state index in [-0.39, 0.29) is 4.88 Å². The van der Waals surface area contributed by atoms with E-state index in [1.165, 1.54) is 5.51 Å². The zero-order chi connectivity index (χ0) is 9.26. The van der Waals surface area contributed by atoms with Crippen LogP contribution in [-0.4, -0.2) is 21.0 Å². The SMILES string of the molecule is O=C(O)c1scnc1-c1cc[nH]c1. The number of carboxylic acid groups (broad SMARTS) is 1. The number of aromatic nitrogens is 2. The van der Waals surface area contributed by atoms with Gasteiger partial charge in [0.25, 0.3) is 0 Å². The van der Waals surface area contributed by atoms with E-state index in [9.17, 15) is 4.79 Å². The third kappa shape index (κ3) is 1.33. The van der Waals surface area contributed by atoms with E-state index in [1.807, 2.05) is 0 Å². The zero-order valence-corrected chi connectivity index (χ0v) is 7.34. The summed E-state index contributed by atoms with van der Waals surface area (Å²) in [7, 11) is 0. The molecule has 0 atom stereocenters. The minimum atomic E-state index is -0.932. The molecule has 0 fully saturated rings. The van der Waals surface area contributed by atoms with E-state index in [4.69, 9.17) is 5.11 Å². The summed E-state index contributed by atoms with van der Waals surface area (Å²) in [6, 6.07) is 1.79. The van der Waals surface area contributed by atoms with Crippen molar-refractivity contribution in [1.82, 2.24) is 9.97 Å². The van der Waals surface area contributed by atoms with E-state index >= 15 is 0 Å². The highest BCUT2D eigenvalue weighted by atomic mass is 32.1. The van der Waals surface area contributed by atoms with Crippen molar-refractivity contribution in [2.24, 2.45) is 0 Å². The molecule has 2 N–H and O–H groups in total. The molecule has 66 valence electrons. The molecule has 0 aliphatic heterocycles. The molecule has 13 heavy (non-hydrogen) atoms. The number of carbonyl (C=O) groups is 1. The molecule has 0 bridgehead atoms. The maximum atomic E-state index is 10.7. The van der Waals surface area contributed by atoms with Gasteiger partial charge in [-0.05, 0) is 6.07 Å². The molecule has 2 aromatic rings. The summed E-state index contributed by atoms with van der Waals surface area (Å²) in [4.78, 5) is 17.9. The summed E-state index contributed by atoms with van der Waals surface area (Å²) in [5, 5.41) is 8.81. The summed E-state index contributed by atoms with van der Waals surface area (Å²) < 4.78 is 0. The number of hydrogen-bond donors (Lipinski definition) is 2. The molecule has 2 heterocycles. The number of aromatic carboxylic acids is 1. The summed E-state index contributed by atoms with van der Waals surface area (Å²) >= 11 is 1.13. The zero-order valence-electron chi connectivity index (χ0n) is 6.52. The molecule has 4 nitrogen and oxygen atoms in total. The normalized spacial score (nSPS) is 10.2. The van der Waals surface area contributed by atoms with Crippen molar-refractivity contribution in [2.45, 2.75) is 0 Å². The number of thiazole rings is 1. The fourth-order valence-corrected chi connectivity index (χ4v) is 1.72. The number of H-pyrrole nitrogens is 1. The Kier molecular flexibility index (Phi) is 1.86. The highest BCUT2D eigenvalue weighted by molar-refractivity contribution is 7.12. The second kappa shape index (κ2) is 3.02. The number of nitrogens with one attached hydrogen (secondary N) is 1. The van der Waals surface area contributed by atoms with Crippen LogP contribution >= 0.6 is 11.3 Å². The summed E-state index contributed by atoms with van der Waals surface area (Å²) in [6.07, 6.45) is 3.46. The Morgan fingerprint density at radius 1 is 1.62 bits per heavy atom. The molecule has 0 spiro atoms. The molecule has 0 aromatic carbocycles. The first-order chi connectivity index (χ1) is 6.29. The van der Waals surface area contributed by atoms with Gasteiger partial charge in [-0.2, -0.15) is 0 Å². The monoisotopic (exact) mass is 194 g/mol. The number of hydrogen-bond acceptors (Lipinski definition) is 3. The number of carboxylic acids is 1. The third-order valence-corrected chi connectivity index (χ3v) is 2.45. The van der Waals surface area contributed by atoms with Crippen LogP contribution in [0.1, 0.15) is 9.67 Å².